The minimum Gasteiger partial charge on any atom is -0.375 e. The molecule has 12 heteroatoms. The number of thiazole rings is 1. The highest BCUT2D eigenvalue weighted by atomic mass is 32.1. The van der Waals surface area contributed by atoms with E-state index in [9.17, 15) is 9.18 Å². The minimum absolute atomic E-state index is 0.00737. The van der Waals surface area contributed by atoms with Crippen molar-refractivity contribution in [2.24, 2.45) is 0 Å². The number of piperazine rings is 1. The van der Waals surface area contributed by atoms with Gasteiger partial charge in [0.15, 0.2) is 5.13 Å². The largest absolute Gasteiger partial charge is 0.375 e. The third-order valence-electron chi connectivity index (χ3n) is 9.32. The lowest BCUT2D eigenvalue weighted by Crippen LogP contribution is -2.63. The normalized spacial score (nSPS) is 19.5. The van der Waals surface area contributed by atoms with Gasteiger partial charge in [-0.2, -0.15) is 0 Å². The van der Waals surface area contributed by atoms with Gasteiger partial charge in [0.2, 0.25) is 5.91 Å². The number of pyridine rings is 2. The monoisotopic (exact) mass is 642 g/mol. The Kier molecular flexibility index (Phi) is 7.22. The highest BCUT2D eigenvalue weighted by Gasteiger charge is 2.44. The summed E-state index contributed by atoms with van der Waals surface area (Å²) in [5.41, 5.74) is 12.2. The van der Waals surface area contributed by atoms with Crippen molar-refractivity contribution in [1.29, 1.82) is 0 Å². The lowest BCUT2D eigenvalue weighted by molar-refractivity contribution is -0.131. The van der Waals surface area contributed by atoms with Crippen LogP contribution in [0.4, 0.5) is 25.4 Å². The lowest BCUT2D eigenvalue weighted by Gasteiger charge is -2.54. The van der Waals surface area contributed by atoms with Crippen LogP contribution in [0.1, 0.15) is 43.5 Å². The van der Waals surface area contributed by atoms with Crippen LogP contribution < -0.4 is 10.6 Å². The SMILES string of the molecule is C=CC(=O)N1C[C@H]2CN(C)C3=C(c4cc(F)c(-c5ccc(F)c6sc(N)nc56)nc4N(c4c(C)ccnc4C(C)C)C3)N2C[C@H]1C. The summed E-state index contributed by atoms with van der Waals surface area (Å²) < 4.78 is 31.6. The number of anilines is 3. The van der Waals surface area contributed by atoms with E-state index in [1.807, 2.05) is 31.1 Å². The number of carbonyl (C=O) groups is 1. The molecule has 46 heavy (non-hydrogen) atoms. The molecule has 3 aromatic heterocycles. The number of halogens is 2. The Morgan fingerprint density at radius 1 is 1.13 bits per heavy atom. The van der Waals surface area contributed by atoms with Crippen molar-refractivity contribution in [1.82, 2.24) is 29.7 Å². The Morgan fingerprint density at radius 3 is 2.65 bits per heavy atom. The number of rotatable bonds is 4. The molecular formula is C34H36F2N8OS. The van der Waals surface area contributed by atoms with Crippen LogP contribution >= 0.6 is 11.3 Å². The molecule has 2 atom stereocenters. The summed E-state index contributed by atoms with van der Waals surface area (Å²) in [5, 5.41) is 0.197. The number of hydrogen-bond acceptors (Lipinski definition) is 9. The van der Waals surface area contributed by atoms with E-state index in [-0.39, 0.29) is 45.0 Å². The van der Waals surface area contributed by atoms with Gasteiger partial charge in [-0.05, 0) is 55.7 Å². The van der Waals surface area contributed by atoms with E-state index >= 15 is 4.39 Å². The van der Waals surface area contributed by atoms with Crippen molar-refractivity contribution in [2.75, 3.05) is 43.9 Å². The van der Waals surface area contributed by atoms with Gasteiger partial charge in [0.05, 0.1) is 45.6 Å². The highest BCUT2D eigenvalue weighted by Crippen LogP contribution is 2.47. The second kappa shape index (κ2) is 11.0. The van der Waals surface area contributed by atoms with Gasteiger partial charge >= 0.3 is 0 Å². The van der Waals surface area contributed by atoms with Gasteiger partial charge in [-0.3, -0.25) is 9.78 Å². The summed E-state index contributed by atoms with van der Waals surface area (Å²) in [6, 6.07) is 6.27. The predicted molar refractivity (Wildman–Crippen MR) is 179 cm³/mol. The zero-order valence-electron chi connectivity index (χ0n) is 26.5. The summed E-state index contributed by atoms with van der Waals surface area (Å²) in [6.45, 7) is 14.3. The molecule has 1 fully saturated rings. The number of likely N-dealkylation sites (N-methyl/N-ethyl adjacent to an activating group) is 1. The summed E-state index contributed by atoms with van der Waals surface area (Å²) in [5.74, 6) is -0.399. The van der Waals surface area contributed by atoms with Gasteiger partial charge < -0.3 is 25.3 Å². The van der Waals surface area contributed by atoms with Crippen LogP contribution in [0.2, 0.25) is 0 Å². The summed E-state index contributed by atoms with van der Waals surface area (Å²) in [7, 11) is 2.05. The molecule has 0 aliphatic carbocycles. The summed E-state index contributed by atoms with van der Waals surface area (Å²) in [6.07, 6.45) is 3.18. The van der Waals surface area contributed by atoms with E-state index in [1.165, 1.54) is 18.2 Å². The quantitative estimate of drug-likeness (QED) is 0.275. The van der Waals surface area contributed by atoms with E-state index in [1.54, 1.807) is 6.07 Å². The molecule has 0 unspecified atom stereocenters. The molecule has 7 rings (SSSR count). The average Bonchev–Trinajstić information content (AvgIpc) is 3.42. The first-order valence-electron chi connectivity index (χ1n) is 15.4. The molecule has 4 aromatic rings. The Balaban J connectivity index is 1.47. The maximum Gasteiger partial charge on any atom is 0.246 e. The first kappa shape index (κ1) is 30.1. The van der Waals surface area contributed by atoms with Crippen molar-refractivity contribution in [3.8, 4) is 11.3 Å². The second-order valence-corrected chi connectivity index (χ2v) is 13.7. The third kappa shape index (κ3) is 4.60. The maximum atomic E-state index is 16.5. The molecule has 238 valence electrons. The molecule has 0 radical (unpaired) electrons. The molecule has 2 N–H and O–H groups in total. The minimum atomic E-state index is -0.544. The van der Waals surface area contributed by atoms with Gasteiger partial charge in [0.1, 0.15) is 23.1 Å². The van der Waals surface area contributed by atoms with Crippen LogP contribution in [0, 0.1) is 18.6 Å². The van der Waals surface area contributed by atoms with Gasteiger partial charge in [0.25, 0.3) is 0 Å². The molecule has 1 aromatic carbocycles. The molecule has 3 aliphatic heterocycles. The Morgan fingerprint density at radius 2 is 1.91 bits per heavy atom. The van der Waals surface area contributed by atoms with Crippen LogP contribution in [0.3, 0.4) is 0 Å². The predicted octanol–water partition coefficient (Wildman–Crippen LogP) is 5.90. The molecule has 0 bridgehead atoms. The van der Waals surface area contributed by atoms with E-state index in [0.717, 1.165) is 39.7 Å². The Bertz CT molecular complexity index is 1960. The van der Waals surface area contributed by atoms with E-state index in [0.29, 0.717) is 43.1 Å². The van der Waals surface area contributed by atoms with Gasteiger partial charge in [0, 0.05) is 50.0 Å². The first-order chi connectivity index (χ1) is 22.0. The topological polar surface area (TPSA) is 94.7 Å². The second-order valence-electron chi connectivity index (χ2n) is 12.6. The van der Waals surface area contributed by atoms with Crippen molar-refractivity contribution in [3.05, 3.63) is 77.3 Å². The summed E-state index contributed by atoms with van der Waals surface area (Å²) >= 11 is 1.03. The number of nitrogens with zero attached hydrogens (tertiary/aromatic N) is 7. The van der Waals surface area contributed by atoms with Crippen molar-refractivity contribution >= 4 is 49.8 Å². The highest BCUT2D eigenvalue weighted by molar-refractivity contribution is 7.22. The fourth-order valence-corrected chi connectivity index (χ4v) is 7.92. The Labute approximate surface area is 270 Å². The number of nitrogens with two attached hydrogens (primary N) is 1. The molecule has 9 nitrogen and oxygen atoms in total. The lowest BCUT2D eigenvalue weighted by atomic mass is 9.93. The number of amides is 1. The van der Waals surface area contributed by atoms with E-state index in [4.69, 9.17) is 15.7 Å². The fourth-order valence-electron chi connectivity index (χ4n) is 7.16. The molecule has 1 amide bonds. The number of nitrogen functional groups attached to an aromatic ring is 1. The van der Waals surface area contributed by atoms with Gasteiger partial charge in [-0.1, -0.05) is 31.8 Å². The molecular weight excluding hydrogens is 606 g/mol. The Hall–Kier alpha value is -4.58. The number of benzene rings is 1. The van der Waals surface area contributed by atoms with E-state index in [2.05, 4.69) is 47.0 Å². The van der Waals surface area contributed by atoms with Crippen LogP contribution in [0.25, 0.3) is 27.2 Å². The molecule has 3 aliphatic rings. The summed E-state index contributed by atoms with van der Waals surface area (Å²) in [4.78, 5) is 35.5. The van der Waals surface area contributed by atoms with E-state index < -0.39 is 11.6 Å². The van der Waals surface area contributed by atoms with Gasteiger partial charge in [-0.15, -0.1) is 0 Å². The third-order valence-corrected chi connectivity index (χ3v) is 10.2. The number of hydrogen-bond donors (Lipinski definition) is 1. The number of fused-ring (bicyclic) bond motifs is 5. The number of aromatic nitrogens is 3. The number of aryl methyl sites for hydroxylation is 1. The van der Waals surface area contributed by atoms with Crippen LogP contribution in [0.15, 0.2) is 48.8 Å². The number of carbonyl (C=O) groups excluding carboxylic acids is 1. The zero-order chi connectivity index (χ0) is 32.6. The van der Waals surface area contributed by atoms with Crippen molar-refractivity contribution in [3.63, 3.8) is 0 Å². The molecule has 0 spiro atoms. The van der Waals surface area contributed by atoms with Crippen LogP contribution in [-0.2, 0) is 4.79 Å². The smallest absolute Gasteiger partial charge is 0.246 e. The molecule has 6 heterocycles. The molecule has 0 saturated carbocycles. The maximum absolute atomic E-state index is 16.5. The molecule has 1 saturated heterocycles. The first-order valence-corrected chi connectivity index (χ1v) is 16.2. The average molecular weight is 643 g/mol. The van der Waals surface area contributed by atoms with Crippen LogP contribution in [0.5, 0.6) is 0 Å². The van der Waals surface area contributed by atoms with Crippen molar-refractivity contribution < 1.29 is 13.6 Å². The van der Waals surface area contributed by atoms with Crippen LogP contribution in [-0.4, -0.2) is 80.9 Å². The standard InChI is InChI=1S/C34H36F2N8OS/c1-7-26(45)42-15-20-14-41(6)25-16-44(30-18(4)10-11-38-27(30)17(2)3)33-22(31(25)43(20)13-19(42)5)12-24(36)28(39-33)21-8-9-23(35)32-29(21)40-34(37)46-32/h7-12,17,19-20H,1,13-16H2,2-6H3,(H2,37,40)/t19-,20-/m1/s1. The van der Waals surface area contributed by atoms with Crippen molar-refractivity contribution in [2.45, 2.75) is 45.7 Å². The van der Waals surface area contributed by atoms with Gasteiger partial charge in [-0.25, -0.2) is 18.7 Å². The zero-order valence-corrected chi connectivity index (χ0v) is 27.3. The fraction of sp³-hybridized carbons (Fsp3) is 0.353.